The van der Waals surface area contributed by atoms with E-state index in [4.69, 9.17) is 11.6 Å². The number of nitrogens with zero attached hydrogens (tertiary/aromatic N) is 6. The Kier molecular flexibility index (Phi) is 4.20. The van der Waals surface area contributed by atoms with E-state index in [1.165, 1.54) is 18.5 Å². The first-order valence-electron chi connectivity index (χ1n) is 8.16. The van der Waals surface area contributed by atoms with E-state index in [1.54, 1.807) is 15.8 Å². The topological polar surface area (TPSA) is 67.2 Å². The van der Waals surface area contributed by atoms with Crippen molar-refractivity contribution in [1.29, 1.82) is 0 Å². The Morgan fingerprint density at radius 1 is 1.19 bits per heavy atom. The number of piperazine rings is 1. The minimum absolute atomic E-state index is 0.0412. The number of aryl methyl sites for hydroxylation is 1. The first kappa shape index (κ1) is 16.7. The van der Waals surface area contributed by atoms with Crippen molar-refractivity contribution in [2.75, 3.05) is 31.1 Å². The number of aromatic nitrogens is 4. The number of carbonyl (C=O) groups excluding carboxylic acids is 1. The molecule has 3 heterocycles. The zero-order chi connectivity index (χ0) is 18.3. The van der Waals surface area contributed by atoms with Crippen LogP contribution in [0.3, 0.4) is 0 Å². The van der Waals surface area contributed by atoms with Gasteiger partial charge in [-0.2, -0.15) is 5.10 Å². The van der Waals surface area contributed by atoms with Crippen LogP contribution in [0.2, 0.25) is 5.02 Å². The quantitative estimate of drug-likeness (QED) is 0.687. The molecule has 0 aliphatic carbocycles. The van der Waals surface area contributed by atoms with Crippen LogP contribution in [0.5, 0.6) is 0 Å². The molecule has 1 aliphatic rings. The van der Waals surface area contributed by atoms with Crippen LogP contribution in [0.15, 0.2) is 30.7 Å². The molecule has 0 radical (unpaired) electrons. The molecule has 134 valence electrons. The van der Waals surface area contributed by atoms with Gasteiger partial charge in [-0.3, -0.25) is 9.48 Å². The summed E-state index contributed by atoms with van der Waals surface area (Å²) >= 11 is 5.75. The third-order valence-corrected chi connectivity index (χ3v) is 4.77. The van der Waals surface area contributed by atoms with Crippen molar-refractivity contribution >= 4 is 34.4 Å². The van der Waals surface area contributed by atoms with E-state index in [-0.39, 0.29) is 16.5 Å². The molecule has 1 saturated heterocycles. The van der Waals surface area contributed by atoms with Crippen LogP contribution < -0.4 is 4.90 Å². The molecule has 0 spiro atoms. The van der Waals surface area contributed by atoms with Gasteiger partial charge in [-0.25, -0.2) is 14.4 Å². The summed E-state index contributed by atoms with van der Waals surface area (Å²) in [6.45, 7) is 2.16. The number of rotatable bonds is 2. The van der Waals surface area contributed by atoms with Crippen LogP contribution in [0.4, 0.5) is 10.2 Å². The standard InChI is InChI=1S/C17H16ClFN6O/c1-23-15-13(9-22-23)16(21-10-20-15)24-4-6-25(7-5-24)17(26)12-3-2-11(18)8-14(12)19/h2-3,8-10H,4-7H2,1H3. The molecule has 2 aromatic heterocycles. The van der Waals surface area contributed by atoms with Crippen LogP contribution in [0, 0.1) is 5.82 Å². The number of hydrogen-bond acceptors (Lipinski definition) is 5. The monoisotopic (exact) mass is 374 g/mol. The van der Waals surface area contributed by atoms with E-state index in [0.717, 1.165) is 22.9 Å². The molecule has 7 nitrogen and oxygen atoms in total. The Labute approximate surface area is 154 Å². The van der Waals surface area contributed by atoms with E-state index in [9.17, 15) is 9.18 Å². The fraction of sp³-hybridized carbons (Fsp3) is 0.294. The van der Waals surface area contributed by atoms with E-state index in [0.29, 0.717) is 26.2 Å². The van der Waals surface area contributed by atoms with Crippen molar-refractivity contribution < 1.29 is 9.18 Å². The summed E-state index contributed by atoms with van der Waals surface area (Å²) in [7, 11) is 1.83. The summed E-state index contributed by atoms with van der Waals surface area (Å²) in [6, 6.07) is 4.11. The zero-order valence-electron chi connectivity index (χ0n) is 14.1. The van der Waals surface area contributed by atoms with Gasteiger partial charge >= 0.3 is 0 Å². The third kappa shape index (κ3) is 2.86. The van der Waals surface area contributed by atoms with Gasteiger partial charge in [0.25, 0.3) is 5.91 Å². The fourth-order valence-electron chi connectivity index (χ4n) is 3.16. The Morgan fingerprint density at radius 2 is 1.96 bits per heavy atom. The molecule has 0 atom stereocenters. The number of fused-ring (bicyclic) bond motifs is 1. The largest absolute Gasteiger partial charge is 0.352 e. The van der Waals surface area contributed by atoms with Gasteiger partial charge in [-0.15, -0.1) is 0 Å². The molecule has 26 heavy (non-hydrogen) atoms. The van der Waals surface area contributed by atoms with Crippen molar-refractivity contribution in [2.45, 2.75) is 0 Å². The summed E-state index contributed by atoms with van der Waals surface area (Å²) in [4.78, 5) is 24.9. The van der Waals surface area contributed by atoms with Crippen LogP contribution >= 0.6 is 11.6 Å². The maximum absolute atomic E-state index is 14.0. The summed E-state index contributed by atoms with van der Waals surface area (Å²) in [5.74, 6) is -0.126. The van der Waals surface area contributed by atoms with Crippen molar-refractivity contribution in [3.8, 4) is 0 Å². The molecular formula is C17H16ClFN6O. The molecular weight excluding hydrogens is 359 g/mol. The van der Waals surface area contributed by atoms with Gasteiger partial charge in [0.15, 0.2) is 5.65 Å². The molecule has 0 unspecified atom stereocenters. The van der Waals surface area contributed by atoms with Crippen LogP contribution in [0.25, 0.3) is 11.0 Å². The van der Waals surface area contributed by atoms with Crippen LogP contribution in [-0.4, -0.2) is 56.7 Å². The Balaban J connectivity index is 1.51. The number of hydrogen-bond donors (Lipinski definition) is 0. The predicted octanol–water partition coefficient (Wildman–Crippen LogP) is 2.12. The predicted molar refractivity (Wildman–Crippen MR) is 95.8 cm³/mol. The van der Waals surface area contributed by atoms with E-state index >= 15 is 0 Å². The molecule has 1 aliphatic heterocycles. The second kappa shape index (κ2) is 6.53. The first-order chi connectivity index (χ1) is 12.5. The Morgan fingerprint density at radius 3 is 2.69 bits per heavy atom. The number of amides is 1. The van der Waals surface area contributed by atoms with Crippen molar-refractivity contribution in [3.05, 3.63) is 47.1 Å². The molecule has 4 rings (SSSR count). The lowest BCUT2D eigenvalue weighted by atomic mass is 10.1. The SMILES string of the molecule is Cn1ncc2c(N3CCN(C(=O)c4ccc(Cl)cc4F)CC3)ncnc21. The highest BCUT2D eigenvalue weighted by molar-refractivity contribution is 6.30. The second-order valence-corrected chi connectivity index (χ2v) is 6.54. The lowest BCUT2D eigenvalue weighted by molar-refractivity contribution is 0.0742. The minimum atomic E-state index is -0.599. The zero-order valence-corrected chi connectivity index (χ0v) is 14.8. The number of halogens is 2. The fourth-order valence-corrected chi connectivity index (χ4v) is 3.32. The van der Waals surface area contributed by atoms with Gasteiger partial charge in [0, 0.05) is 38.2 Å². The van der Waals surface area contributed by atoms with Crippen molar-refractivity contribution in [2.24, 2.45) is 7.05 Å². The Bertz CT molecular complexity index is 983. The average Bonchev–Trinajstić information content (AvgIpc) is 3.03. The van der Waals surface area contributed by atoms with Gasteiger partial charge < -0.3 is 9.80 Å². The molecule has 0 N–H and O–H groups in total. The van der Waals surface area contributed by atoms with E-state index in [2.05, 4.69) is 20.0 Å². The number of benzene rings is 1. The summed E-state index contributed by atoms with van der Waals surface area (Å²) in [5.41, 5.74) is 0.802. The molecule has 9 heteroatoms. The van der Waals surface area contributed by atoms with Crippen molar-refractivity contribution in [1.82, 2.24) is 24.6 Å². The van der Waals surface area contributed by atoms with Gasteiger partial charge in [-0.1, -0.05) is 11.6 Å². The highest BCUT2D eigenvalue weighted by atomic mass is 35.5. The lowest BCUT2D eigenvalue weighted by Crippen LogP contribution is -2.49. The Hall–Kier alpha value is -2.74. The normalized spacial score (nSPS) is 14.9. The van der Waals surface area contributed by atoms with Crippen LogP contribution in [0.1, 0.15) is 10.4 Å². The molecule has 1 amide bonds. The first-order valence-corrected chi connectivity index (χ1v) is 8.54. The van der Waals surface area contributed by atoms with Crippen LogP contribution in [-0.2, 0) is 7.05 Å². The maximum atomic E-state index is 14.0. The van der Waals surface area contributed by atoms with E-state index in [1.807, 2.05) is 7.05 Å². The maximum Gasteiger partial charge on any atom is 0.256 e. The molecule has 1 aromatic carbocycles. The molecule has 0 saturated carbocycles. The van der Waals surface area contributed by atoms with Gasteiger partial charge in [0.1, 0.15) is 18.0 Å². The van der Waals surface area contributed by atoms with Crippen molar-refractivity contribution in [3.63, 3.8) is 0 Å². The molecule has 0 bridgehead atoms. The van der Waals surface area contributed by atoms with Gasteiger partial charge in [0.2, 0.25) is 0 Å². The highest BCUT2D eigenvalue weighted by Gasteiger charge is 2.26. The highest BCUT2D eigenvalue weighted by Crippen LogP contribution is 2.24. The summed E-state index contributed by atoms with van der Waals surface area (Å²) in [6.07, 6.45) is 3.26. The minimum Gasteiger partial charge on any atom is -0.352 e. The average molecular weight is 375 g/mol. The van der Waals surface area contributed by atoms with Gasteiger partial charge in [-0.05, 0) is 18.2 Å². The number of anilines is 1. The van der Waals surface area contributed by atoms with Gasteiger partial charge in [0.05, 0.1) is 17.1 Å². The second-order valence-electron chi connectivity index (χ2n) is 6.11. The smallest absolute Gasteiger partial charge is 0.256 e. The summed E-state index contributed by atoms with van der Waals surface area (Å²) in [5, 5.41) is 5.37. The number of carbonyl (C=O) groups is 1. The summed E-state index contributed by atoms with van der Waals surface area (Å²) < 4.78 is 15.7. The lowest BCUT2D eigenvalue weighted by Gasteiger charge is -2.35. The molecule has 1 fully saturated rings. The molecule has 3 aromatic rings. The van der Waals surface area contributed by atoms with E-state index < -0.39 is 5.82 Å². The third-order valence-electron chi connectivity index (χ3n) is 4.54.